The van der Waals surface area contributed by atoms with E-state index in [0.29, 0.717) is 0 Å². The van der Waals surface area contributed by atoms with Gasteiger partial charge in [0.15, 0.2) is 0 Å². The highest BCUT2D eigenvalue weighted by Gasteiger charge is 2.24. The van der Waals surface area contributed by atoms with Gasteiger partial charge in [-0.05, 0) is 50.3 Å². The number of pyridine rings is 1. The largest absolute Gasteiger partial charge is 0.370 e. The fourth-order valence-electron chi connectivity index (χ4n) is 2.36. The molecule has 1 aromatic rings. The third-order valence-electron chi connectivity index (χ3n) is 3.50. The third kappa shape index (κ3) is 5.19. The van der Waals surface area contributed by atoms with Gasteiger partial charge >= 0.3 is 0 Å². The minimum absolute atomic E-state index is 0.952. The summed E-state index contributed by atoms with van der Waals surface area (Å²) in [7, 11) is 0. The van der Waals surface area contributed by atoms with Crippen LogP contribution < -0.4 is 5.32 Å². The molecule has 1 N–H and O–H groups in total. The van der Waals surface area contributed by atoms with E-state index in [2.05, 4.69) is 42.3 Å². The fraction of sp³-hybridized carbons (Fsp3) is 0.688. The van der Waals surface area contributed by atoms with Crippen LogP contribution in [-0.4, -0.2) is 29.5 Å². The highest BCUT2D eigenvalue weighted by molar-refractivity contribution is 5.35. The number of hydrogen-bond acceptors (Lipinski definition) is 3. The molecule has 1 aromatic heterocycles. The van der Waals surface area contributed by atoms with Crippen LogP contribution >= 0.6 is 0 Å². The lowest BCUT2D eigenvalue weighted by molar-refractivity contribution is 0.252. The summed E-state index contributed by atoms with van der Waals surface area (Å²) in [6, 6.07) is 6.32. The maximum atomic E-state index is 4.71. The topological polar surface area (TPSA) is 28.2 Å². The predicted molar refractivity (Wildman–Crippen MR) is 81.3 cm³/mol. The normalized spacial score (nSPS) is 14.9. The summed E-state index contributed by atoms with van der Waals surface area (Å²) >= 11 is 0. The van der Waals surface area contributed by atoms with Crippen LogP contribution in [0.25, 0.3) is 0 Å². The smallest absolute Gasteiger partial charge is 0.126 e. The molecule has 0 radical (unpaired) electrons. The molecule has 1 aliphatic rings. The zero-order chi connectivity index (χ0) is 13.5. The molecule has 0 saturated heterocycles. The van der Waals surface area contributed by atoms with Crippen LogP contribution in [0.4, 0.5) is 5.82 Å². The second-order valence-electron chi connectivity index (χ2n) is 5.62. The molecule has 0 spiro atoms. The molecule has 1 fully saturated rings. The summed E-state index contributed by atoms with van der Waals surface area (Å²) in [6.07, 6.45) is 5.20. The van der Waals surface area contributed by atoms with E-state index in [9.17, 15) is 0 Å². The van der Waals surface area contributed by atoms with Gasteiger partial charge < -0.3 is 5.32 Å². The molecule has 0 unspecified atom stereocenters. The molecule has 1 heterocycles. The first kappa shape index (κ1) is 14.3. The van der Waals surface area contributed by atoms with Crippen LogP contribution in [0.2, 0.25) is 0 Å². The molecule has 3 heteroatoms. The monoisotopic (exact) mass is 261 g/mol. The molecule has 0 atom stereocenters. The van der Waals surface area contributed by atoms with Crippen molar-refractivity contribution in [2.75, 3.05) is 25.0 Å². The van der Waals surface area contributed by atoms with Crippen molar-refractivity contribution in [1.82, 2.24) is 9.88 Å². The van der Waals surface area contributed by atoms with Gasteiger partial charge in [0.2, 0.25) is 0 Å². The van der Waals surface area contributed by atoms with Crippen LogP contribution in [-0.2, 0) is 6.54 Å². The lowest BCUT2D eigenvalue weighted by atomic mass is 10.2. The van der Waals surface area contributed by atoms with E-state index in [0.717, 1.165) is 31.2 Å². The van der Waals surface area contributed by atoms with Crippen molar-refractivity contribution in [3.63, 3.8) is 0 Å². The Morgan fingerprint density at radius 3 is 2.79 bits per heavy atom. The van der Waals surface area contributed by atoms with Crippen molar-refractivity contribution in [3.8, 4) is 0 Å². The highest BCUT2D eigenvalue weighted by Crippen LogP contribution is 2.30. The number of anilines is 1. The van der Waals surface area contributed by atoms with E-state index in [1.54, 1.807) is 0 Å². The molecule has 1 saturated carbocycles. The molecule has 19 heavy (non-hydrogen) atoms. The highest BCUT2D eigenvalue weighted by atomic mass is 15.1. The van der Waals surface area contributed by atoms with Crippen molar-refractivity contribution >= 4 is 5.82 Å². The van der Waals surface area contributed by atoms with Gasteiger partial charge in [0.1, 0.15) is 5.82 Å². The Morgan fingerprint density at radius 1 is 1.26 bits per heavy atom. The summed E-state index contributed by atoms with van der Waals surface area (Å²) in [6.45, 7) is 8.86. The summed E-state index contributed by atoms with van der Waals surface area (Å²) in [5.74, 6) is 1.97. The Hall–Kier alpha value is -1.09. The Labute approximate surface area is 117 Å². The van der Waals surface area contributed by atoms with Gasteiger partial charge in [0, 0.05) is 19.6 Å². The first-order valence-electron chi connectivity index (χ1n) is 7.74. The average molecular weight is 261 g/mol. The number of aromatic nitrogens is 1. The molecular weight excluding hydrogens is 234 g/mol. The Kier molecular flexibility index (Phi) is 5.64. The SMILES string of the molecule is CCCNc1cccc(CN(CCC)CC2CC2)n1. The molecule has 106 valence electrons. The van der Waals surface area contributed by atoms with Crippen LogP contribution in [0.5, 0.6) is 0 Å². The van der Waals surface area contributed by atoms with Crippen molar-refractivity contribution < 1.29 is 0 Å². The Bertz CT molecular complexity index is 374. The van der Waals surface area contributed by atoms with E-state index in [1.165, 1.54) is 38.0 Å². The first-order valence-corrected chi connectivity index (χ1v) is 7.74. The van der Waals surface area contributed by atoms with E-state index < -0.39 is 0 Å². The predicted octanol–water partition coefficient (Wildman–Crippen LogP) is 3.53. The average Bonchev–Trinajstić information content (AvgIpc) is 3.21. The molecule has 0 amide bonds. The van der Waals surface area contributed by atoms with E-state index in [-0.39, 0.29) is 0 Å². The van der Waals surface area contributed by atoms with Gasteiger partial charge in [-0.1, -0.05) is 19.9 Å². The molecule has 2 rings (SSSR count). The second kappa shape index (κ2) is 7.49. The lowest BCUT2D eigenvalue weighted by Gasteiger charge is -2.21. The summed E-state index contributed by atoms with van der Waals surface area (Å²) in [4.78, 5) is 7.27. The summed E-state index contributed by atoms with van der Waals surface area (Å²) < 4.78 is 0. The zero-order valence-electron chi connectivity index (χ0n) is 12.4. The Balaban J connectivity index is 1.90. The van der Waals surface area contributed by atoms with Crippen LogP contribution in [0.1, 0.15) is 45.2 Å². The first-order chi connectivity index (χ1) is 9.31. The summed E-state index contributed by atoms with van der Waals surface area (Å²) in [5, 5.41) is 3.36. The molecular formula is C16H27N3. The van der Waals surface area contributed by atoms with Crippen molar-refractivity contribution in [1.29, 1.82) is 0 Å². The molecule has 0 aromatic carbocycles. The van der Waals surface area contributed by atoms with E-state index in [1.807, 2.05) is 0 Å². The van der Waals surface area contributed by atoms with Gasteiger partial charge in [-0.15, -0.1) is 0 Å². The lowest BCUT2D eigenvalue weighted by Crippen LogP contribution is -2.27. The van der Waals surface area contributed by atoms with Crippen LogP contribution in [0, 0.1) is 5.92 Å². The zero-order valence-corrected chi connectivity index (χ0v) is 12.4. The van der Waals surface area contributed by atoms with Gasteiger partial charge in [0.05, 0.1) is 5.69 Å². The van der Waals surface area contributed by atoms with Crippen LogP contribution in [0.3, 0.4) is 0 Å². The van der Waals surface area contributed by atoms with E-state index in [4.69, 9.17) is 4.98 Å². The van der Waals surface area contributed by atoms with Crippen LogP contribution in [0.15, 0.2) is 18.2 Å². The molecule has 1 aliphatic carbocycles. The van der Waals surface area contributed by atoms with Gasteiger partial charge in [-0.25, -0.2) is 4.98 Å². The standard InChI is InChI=1S/C16H27N3/c1-3-10-17-16-7-5-6-15(18-16)13-19(11-4-2)12-14-8-9-14/h5-7,14H,3-4,8-13H2,1-2H3,(H,17,18). The van der Waals surface area contributed by atoms with Crippen molar-refractivity contribution in [2.24, 2.45) is 5.92 Å². The maximum Gasteiger partial charge on any atom is 0.126 e. The number of hydrogen-bond donors (Lipinski definition) is 1. The molecule has 3 nitrogen and oxygen atoms in total. The van der Waals surface area contributed by atoms with Crippen molar-refractivity contribution in [3.05, 3.63) is 23.9 Å². The van der Waals surface area contributed by atoms with Gasteiger partial charge in [0.25, 0.3) is 0 Å². The van der Waals surface area contributed by atoms with Gasteiger partial charge in [-0.3, -0.25) is 4.90 Å². The number of nitrogens with zero attached hydrogens (tertiary/aromatic N) is 2. The maximum absolute atomic E-state index is 4.71. The molecule has 0 bridgehead atoms. The van der Waals surface area contributed by atoms with Crippen molar-refractivity contribution in [2.45, 2.75) is 46.1 Å². The minimum atomic E-state index is 0.952. The third-order valence-corrected chi connectivity index (χ3v) is 3.50. The fourth-order valence-corrected chi connectivity index (χ4v) is 2.36. The van der Waals surface area contributed by atoms with E-state index >= 15 is 0 Å². The number of rotatable bonds is 9. The summed E-state index contributed by atoms with van der Waals surface area (Å²) in [5.41, 5.74) is 1.19. The number of nitrogens with one attached hydrogen (secondary N) is 1. The second-order valence-corrected chi connectivity index (χ2v) is 5.62. The molecule has 0 aliphatic heterocycles. The van der Waals surface area contributed by atoms with Gasteiger partial charge in [-0.2, -0.15) is 0 Å². The Morgan fingerprint density at radius 2 is 2.11 bits per heavy atom. The minimum Gasteiger partial charge on any atom is -0.370 e. The quantitative estimate of drug-likeness (QED) is 0.737.